The number of nitro groups is 1. The fourth-order valence-corrected chi connectivity index (χ4v) is 5.17. The van der Waals surface area contributed by atoms with Gasteiger partial charge in [0.1, 0.15) is 5.75 Å². The molecule has 0 aromatic heterocycles. The summed E-state index contributed by atoms with van der Waals surface area (Å²) in [5.41, 5.74) is 0.901. The van der Waals surface area contributed by atoms with Crippen molar-refractivity contribution in [3.63, 3.8) is 0 Å². The van der Waals surface area contributed by atoms with Crippen molar-refractivity contribution in [2.24, 2.45) is 5.92 Å². The van der Waals surface area contributed by atoms with Crippen molar-refractivity contribution in [3.8, 4) is 5.75 Å². The minimum absolute atomic E-state index is 0.0509. The quantitative estimate of drug-likeness (QED) is 0.514. The molecule has 0 spiro atoms. The average molecular weight is 448 g/mol. The van der Waals surface area contributed by atoms with Gasteiger partial charge in [-0.15, -0.1) is 0 Å². The minimum Gasteiger partial charge on any atom is -0.494 e. The molecule has 1 amide bonds. The number of anilines is 1. The molecule has 1 saturated heterocycles. The van der Waals surface area contributed by atoms with Crippen LogP contribution in [0.2, 0.25) is 0 Å². The normalized spacial score (nSPS) is 17.2. The maximum Gasteiger partial charge on any atom is 0.271 e. The van der Waals surface area contributed by atoms with Crippen LogP contribution >= 0.6 is 0 Å². The van der Waals surface area contributed by atoms with Crippen LogP contribution in [0.4, 0.5) is 11.4 Å². The largest absolute Gasteiger partial charge is 0.494 e. The molecule has 3 rings (SSSR count). The van der Waals surface area contributed by atoms with Crippen LogP contribution in [0.3, 0.4) is 0 Å². The SMILES string of the molecule is CCOc1ccc(S(=O)(=O)N2CCC[C@H](C(=O)Nc3cccc([N+](=O)[O-])c3)C2)cc1C. The lowest BCUT2D eigenvalue weighted by atomic mass is 9.98. The van der Waals surface area contributed by atoms with Gasteiger partial charge in [0.2, 0.25) is 15.9 Å². The maximum atomic E-state index is 13.1. The molecule has 1 N–H and O–H groups in total. The van der Waals surface area contributed by atoms with E-state index >= 15 is 0 Å². The number of ether oxygens (including phenoxy) is 1. The van der Waals surface area contributed by atoms with Crippen LogP contribution in [0.1, 0.15) is 25.3 Å². The van der Waals surface area contributed by atoms with Crippen LogP contribution in [0.25, 0.3) is 0 Å². The summed E-state index contributed by atoms with van der Waals surface area (Å²) in [4.78, 5) is 23.3. The number of nitrogens with zero attached hydrogens (tertiary/aromatic N) is 2. The fraction of sp³-hybridized carbons (Fsp3) is 0.381. The first-order valence-corrected chi connectivity index (χ1v) is 11.4. The Morgan fingerprint density at radius 1 is 1.29 bits per heavy atom. The van der Waals surface area contributed by atoms with Gasteiger partial charge in [0.15, 0.2) is 0 Å². The fourth-order valence-electron chi connectivity index (χ4n) is 3.57. The Bertz CT molecular complexity index is 1090. The average Bonchev–Trinajstić information content (AvgIpc) is 2.75. The van der Waals surface area contributed by atoms with E-state index in [2.05, 4.69) is 5.32 Å². The predicted molar refractivity (Wildman–Crippen MR) is 116 cm³/mol. The molecule has 2 aromatic rings. The van der Waals surface area contributed by atoms with E-state index in [4.69, 9.17) is 4.74 Å². The molecule has 1 atom stereocenters. The second-order valence-corrected chi connectivity index (χ2v) is 9.30. The zero-order chi connectivity index (χ0) is 22.6. The number of hydrogen-bond acceptors (Lipinski definition) is 6. The van der Waals surface area contributed by atoms with Gasteiger partial charge < -0.3 is 10.1 Å². The third-order valence-corrected chi connectivity index (χ3v) is 7.02. The highest BCUT2D eigenvalue weighted by Crippen LogP contribution is 2.28. The van der Waals surface area contributed by atoms with Crippen molar-refractivity contribution in [1.82, 2.24) is 4.31 Å². The number of rotatable bonds is 7. The molecular weight excluding hydrogens is 422 g/mol. The van der Waals surface area contributed by atoms with Gasteiger partial charge in [0.25, 0.3) is 5.69 Å². The van der Waals surface area contributed by atoms with Gasteiger partial charge in [-0.2, -0.15) is 4.31 Å². The summed E-state index contributed by atoms with van der Waals surface area (Å²) >= 11 is 0. The number of carbonyl (C=O) groups excluding carboxylic acids is 1. The van der Waals surface area contributed by atoms with Crippen LogP contribution in [0.15, 0.2) is 47.4 Å². The monoisotopic (exact) mass is 447 g/mol. The zero-order valence-corrected chi connectivity index (χ0v) is 18.2. The molecule has 1 fully saturated rings. The molecule has 166 valence electrons. The van der Waals surface area contributed by atoms with E-state index < -0.39 is 20.9 Å². The number of piperidine rings is 1. The number of benzene rings is 2. The van der Waals surface area contributed by atoms with Crippen LogP contribution in [-0.2, 0) is 14.8 Å². The van der Waals surface area contributed by atoms with Crippen molar-refractivity contribution < 1.29 is 22.9 Å². The molecule has 1 aliphatic heterocycles. The molecule has 10 heteroatoms. The van der Waals surface area contributed by atoms with E-state index in [-0.39, 0.29) is 23.0 Å². The third kappa shape index (κ3) is 5.20. The first kappa shape index (κ1) is 22.7. The lowest BCUT2D eigenvalue weighted by Gasteiger charge is -2.31. The van der Waals surface area contributed by atoms with Gasteiger partial charge in [0.05, 0.1) is 22.3 Å². The van der Waals surface area contributed by atoms with E-state index in [0.717, 1.165) is 5.56 Å². The smallest absolute Gasteiger partial charge is 0.271 e. The molecule has 2 aromatic carbocycles. The number of carbonyl (C=O) groups is 1. The predicted octanol–water partition coefficient (Wildman–Crippen LogP) is 3.34. The summed E-state index contributed by atoms with van der Waals surface area (Å²) in [7, 11) is -3.77. The summed E-state index contributed by atoms with van der Waals surface area (Å²) in [6.45, 7) is 4.51. The second kappa shape index (κ2) is 9.44. The molecule has 0 radical (unpaired) electrons. The molecule has 0 bridgehead atoms. The second-order valence-electron chi connectivity index (χ2n) is 7.36. The van der Waals surface area contributed by atoms with Gasteiger partial charge >= 0.3 is 0 Å². The van der Waals surface area contributed by atoms with E-state index in [1.807, 2.05) is 6.92 Å². The van der Waals surface area contributed by atoms with E-state index in [1.54, 1.807) is 25.1 Å². The highest BCUT2D eigenvalue weighted by molar-refractivity contribution is 7.89. The maximum absolute atomic E-state index is 13.1. The molecule has 0 aliphatic carbocycles. The first-order chi connectivity index (χ1) is 14.7. The zero-order valence-electron chi connectivity index (χ0n) is 17.4. The number of nitrogens with one attached hydrogen (secondary N) is 1. The molecule has 1 heterocycles. The highest BCUT2D eigenvalue weighted by Gasteiger charge is 2.33. The van der Waals surface area contributed by atoms with Crippen LogP contribution in [-0.4, -0.2) is 43.2 Å². The van der Waals surface area contributed by atoms with E-state index in [1.165, 1.54) is 28.6 Å². The van der Waals surface area contributed by atoms with Crippen LogP contribution in [0.5, 0.6) is 5.75 Å². The summed E-state index contributed by atoms with van der Waals surface area (Å²) in [6.07, 6.45) is 1.08. The third-order valence-electron chi connectivity index (χ3n) is 5.16. The van der Waals surface area contributed by atoms with E-state index in [0.29, 0.717) is 37.4 Å². The van der Waals surface area contributed by atoms with Crippen molar-refractivity contribution in [1.29, 1.82) is 0 Å². The summed E-state index contributed by atoms with van der Waals surface area (Å²) in [5.74, 6) is -0.274. The molecule has 9 nitrogen and oxygen atoms in total. The molecular formula is C21H25N3O6S. The summed E-state index contributed by atoms with van der Waals surface area (Å²) in [6, 6.07) is 10.4. The summed E-state index contributed by atoms with van der Waals surface area (Å²) in [5, 5.41) is 13.6. The number of non-ortho nitro benzene ring substituents is 1. The number of hydrogen-bond donors (Lipinski definition) is 1. The van der Waals surface area contributed by atoms with Crippen molar-refractivity contribution in [2.45, 2.75) is 31.6 Å². The Morgan fingerprint density at radius 2 is 2.06 bits per heavy atom. The van der Waals surface area contributed by atoms with Gasteiger partial charge in [0, 0.05) is 30.9 Å². The van der Waals surface area contributed by atoms with Crippen LogP contribution < -0.4 is 10.1 Å². The van der Waals surface area contributed by atoms with Crippen molar-refractivity contribution >= 4 is 27.3 Å². The number of sulfonamides is 1. The Hall–Kier alpha value is -2.98. The number of nitro benzene ring substituents is 1. The Labute approximate surface area is 181 Å². The van der Waals surface area contributed by atoms with Gasteiger partial charge in [-0.05, 0) is 56.5 Å². The number of aryl methyl sites for hydroxylation is 1. The standard InChI is InChI=1S/C21H25N3O6S/c1-3-30-20-10-9-19(12-15(20)2)31(28,29)23-11-5-6-16(14-23)21(25)22-17-7-4-8-18(13-17)24(26)27/h4,7-10,12-13,16H,3,5-6,11,14H2,1-2H3,(H,22,25)/t16-/m0/s1. The van der Waals surface area contributed by atoms with Crippen molar-refractivity contribution in [2.75, 3.05) is 25.0 Å². The highest BCUT2D eigenvalue weighted by atomic mass is 32.2. The summed E-state index contributed by atoms with van der Waals surface area (Å²) < 4.78 is 33.1. The number of amides is 1. The molecule has 0 saturated carbocycles. The van der Waals surface area contributed by atoms with E-state index in [9.17, 15) is 23.3 Å². The van der Waals surface area contributed by atoms with Crippen molar-refractivity contribution in [3.05, 3.63) is 58.1 Å². The topological polar surface area (TPSA) is 119 Å². The Kier molecular flexibility index (Phi) is 6.91. The van der Waals surface area contributed by atoms with Gasteiger partial charge in [-0.25, -0.2) is 8.42 Å². The molecule has 0 unspecified atom stereocenters. The molecule has 31 heavy (non-hydrogen) atoms. The lowest BCUT2D eigenvalue weighted by molar-refractivity contribution is -0.384. The Morgan fingerprint density at radius 3 is 2.74 bits per heavy atom. The minimum atomic E-state index is -3.77. The van der Waals surface area contributed by atoms with Gasteiger partial charge in [-0.1, -0.05) is 6.07 Å². The Balaban J connectivity index is 1.73. The molecule has 1 aliphatic rings. The lowest BCUT2D eigenvalue weighted by Crippen LogP contribution is -2.43. The van der Waals surface area contributed by atoms with Gasteiger partial charge in [-0.3, -0.25) is 14.9 Å². The van der Waals surface area contributed by atoms with Crippen LogP contribution in [0, 0.1) is 23.0 Å². The first-order valence-electron chi connectivity index (χ1n) is 10.0.